The third-order valence-corrected chi connectivity index (χ3v) is 6.69. The van der Waals surface area contributed by atoms with Gasteiger partial charge in [-0.25, -0.2) is 4.98 Å². The van der Waals surface area contributed by atoms with Crippen LogP contribution in [0.4, 0.5) is 0 Å². The summed E-state index contributed by atoms with van der Waals surface area (Å²) >= 11 is 3.15. The molecule has 0 saturated carbocycles. The first kappa shape index (κ1) is 18.3. The highest BCUT2D eigenvalue weighted by Crippen LogP contribution is 2.35. The molecule has 5 rings (SSSR count). The quantitative estimate of drug-likeness (QED) is 0.463. The lowest BCUT2D eigenvalue weighted by atomic mass is 10.2. The molecule has 5 nitrogen and oxygen atoms in total. The zero-order chi connectivity index (χ0) is 19.6. The zero-order valence-electron chi connectivity index (χ0n) is 15.5. The largest absolute Gasteiger partial charge is 0.490 e. The molecule has 7 heteroatoms. The van der Waals surface area contributed by atoms with E-state index in [0.29, 0.717) is 30.2 Å². The van der Waals surface area contributed by atoms with Gasteiger partial charge < -0.3 is 14.5 Å². The minimum atomic E-state index is -0.0947. The number of thiophene rings is 1. The van der Waals surface area contributed by atoms with Crippen LogP contribution in [0.5, 0.6) is 11.5 Å². The number of aromatic amines is 1. The molecule has 1 N–H and O–H groups in total. The first-order chi connectivity index (χ1) is 14.3. The second-order valence-electron chi connectivity index (χ2n) is 6.66. The molecule has 0 radical (unpaired) electrons. The third kappa shape index (κ3) is 3.88. The van der Waals surface area contributed by atoms with Gasteiger partial charge in [0.05, 0.1) is 24.4 Å². The van der Waals surface area contributed by atoms with Gasteiger partial charge in [-0.1, -0.05) is 30.3 Å². The molecule has 29 heavy (non-hydrogen) atoms. The monoisotopic (exact) mass is 422 g/mol. The van der Waals surface area contributed by atoms with Gasteiger partial charge in [0.2, 0.25) is 0 Å². The van der Waals surface area contributed by atoms with E-state index >= 15 is 0 Å². The Morgan fingerprint density at radius 1 is 1.03 bits per heavy atom. The Morgan fingerprint density at radius 2 is 1.86 bits per heavy atom. The van der Waals surface area contributed by atoms with Crippen molar-refractivity contribution in [3.8, 4) is 21.9 Å². The molecule has 0 saturated heterocycles. The van der Waals surface area contributed by atoms with E-state index in [1.165, 1.54) is 0 Å². The van der Waals surface area contributed by atoms with Crippen molar-refractivity contribution in [1.82, 2.24) is 9.97 Å². The van der Waals surface area contributed by atoms with E-state index < -0.39 is 0 Å². The molecule has 0 bridgehead atoms. The van der Waals surface area contributed by atoms with Gasteiger partial charge in [-0.05, 0) is 29.8 Å². The van der Waals surface area contributed by atoms with E-state index in [0.717, 1.165) is 38.1 Å². The van der Waals surface area contributed by atoms with E-state index in [9.17, 15) is 4.79 Å². The fraction of sp³-hybridized carbons (Fsp3) is 0.182. The van der Waals surface area contributed by atoms with Crippen LogP contribution in [0.2, 0.25) is 0 Å². The Balaban J connectivity index is 1.38. The van der Waals surface area contributed by atoms with Gasteiger partial charge in [0.25, 0.3) is 5.56 Å². The summed E-state index contributed by atoms with van der Waals surface area (Å²) in [6.45, 7) is 1.34. The van der Waals surface area contributed by atoms with Gasteiger partial charge in [0.15, 0.2) is 11.5 Å². The number of thioether (sulfide) groups is 1. The summed E-state index contributed by atoms with van der Waals surface area (Å²) in [4.78, 5) is 23.0. The third-order valence-electron chi connectivity index (χ3n) is 4.60. The van der Waals surface area contributed by atoms with Gasteiger partial charge in [0, 0.05) is 16.2 Å². The number of fused-ring (bicyclic) bond motifs is 2. The summed E-state index contributed by atoms with van der Waals surface area (Å²) in [5, 5.41) is 0.637. The van der Waals surface area contributed by atoms with Crippen molar-refractivity contribution in [2.24, 2.45) is 0 Å². The predicted molar refractivity (Wildman–Crippen MR) is 117 cm³/mol. The maximum atomic E-state index is 12.6. The Hall–Kier alpha value is -2.77. The molecule has 2 aromatic heterocycles. The fourth-order valence-corrected chi connectivity index (χ4v) is 5.03. The van der Waals surface area contributed by atoms with Gasteiger partial charge in [-0.2, -0.15) is 0 Å². The van der Waals surface area contributed by atoms with Gasteiger partial charge in [-0.15, -0.1) is 23.1 Å². The normalized spacial score (nSPS) is 13.4. The van der Waals surface area contributed by atoms with Crippen LogP contribution < -0.4 is 15.0 Å². The SMILES string of the molecule is O=c1[nH]c(CSc2ccc3c(c2)OCCCO3)nc2sc(-c3ccccc3)cc12. The number of aromatic nitrogens is 2. The summed E-state index contributed by atoms with van der Waals surface area (Å²) in [5.41, 5.74) is 1.00. The molecule has 2 aromatic carbocycles. The van der Waals surface area contributed by atoms with Crippen LogP contribution >= 0.6 is 23.1 Å². The van der Waals surface area contributed by atoms with Crippen molar-refractivity contribution in [2.45, 2.75) is 17.1 Å². The Morgan fingerprint density at radius 3 is 2.72 bits per heavy atom. The maximum absolute atomic E-state index is 12.6. The van der Waals surface area contributed by atoms with Crippen molar-refractivity contribution in [3.63, 3.8) is 0 Å². The fourth-order valence-electron chi connectivity index (χ4n) is 3.17. The van der Waals surface area contributed by atoms with Gasteiger partial charge in [-0.3, -0.25) is 4.79 Å². The van der Waals surface area contributed by atoms with E-state index in [1.54, 1.807) is 23.1 Å². The summed E-state index contributed by atoms with van der Waals surface area (Å²) in [6, 6.07) is 17.9. The van der Waals surface area contributed by atoms with Crippen molar-refractivity contribution in [3.05, 3.63) is 70.8 Å². The van der Waals surface area contributed by atoms with E-state index in [2.05, 4.69) is 9.97 Å². The van der Waals surface area contributed by atoms with Crippen LogP contribution in [-0.2, 0) is 5.75 Å². The van der Waals surface area contributed by atoms with Crippen LogP contribution in [0.25, 0.3) is 20.7 Å². The van der Waals surface area contributed by atoms with E-state index in [-0.39, 0.29) is 5.56 Å². The summed E-state index contributed by atoms with van der Waals surface area (Å²) in [7, 11) is 0. The van der Waals surface area contributed by atoms with Crippen molar-refractivity contribution >= 4 is 33.3 Å². The number of hydrogen-bond donors (Lipinski definition) is 1. The average molecular weight is 423 g/mol. The Labute approximate surface area is 175 Å². The molecular weight excluding hydrogens is 404 g/mol. The standard InChI is InChI=1S/C22H18N2O3S2/c25-21-16-12-19(14-5-2-1-3-6-14)29-22(16)24-20(23-21)13-28-15-7-8-17-18(11-15)27-10-4-9-26-17/h1-3,5-8,11-12H,4,9-10,13H2,(H,23,24,25). The molecule has 0 fully saturated rings. The lowest BCUT2D eigenvalue weighted by Gasteiger charge is -2.09. The first-order valence-corrected chi connectivity index (χ1v) is 11.2. The number of hydrogen-bond acceptors (Lipinski definition) is 6. The zero-order valence-corrected chi connectivity index (χ0v) is 17.1. The highest BCUT2D eigenvalue weighted by Gasteiger charge is 2.13. The lowest BCUT2D eigenvalue weighted by molar-refractivity contribution is 0.297. The number of H-pyrrole nitrogens is 1. The van der Waals surface area contributed by atoms with E-state index in [1.807, 2.05) is 54.6 Å². The van der Waals surface area contributed by atoms with Crippen molar-refractivity contribution in [2.75, 3.05) is 13.2 Å². The smallest absolute Gasteiger partial charge is 0.259 e. The lowest BCUT2D eigenvalue weighted by Crippen LogP contribution is -2.09. The molecule has 4 aromatic rings. The highest BCUT2D eigenvalue weighted by molar-refractivity contribution is 7.98. The molecule has 0 spiro atoms. The molecule has 1 aliphatic rings. The predicted octanol–water partition coefficient (Wildman–Crippen LogP) is 5.11. The van der Waals surface area contributed by atoms with Crippen LogP contribution in [0.1, 0.15) is 12.2 Å². The molecule has 0 atom stereocenters. The van der Waals surface area contributed by atoms with Crippen LogP contribution in [0, 0.1) is 0 Å². The average Bonchev–Trinajstić information content (AvgIpc) is 3.05. The summed E-state index contributed by atoms with van der Waals surface area (Å²) in [6.07, 6.45) is 0.883. The first-order valence-electron chi connectivity index (χ1n) is 9.37. The van der Waals surface area contributed by atoms with Crippen molar-refractivity contribution < 1.29 is 9.47 Å². The number of nitrogens with one attached hydrogen (secondary N) is 1. The van der Waals surface area contributed by atoms with Gasteiger partial charge in [0.1, 0.15) is 10.7 Å². The van der Waals surface area contributed by atoms with Crippen LogP contribution in [0.3, 0.4) is 0 Å². The number of rotatable bonds is 4. The number of ether oxygens (including phenoxy) is 2. The molecule has 146 valence electrons. The molecule has 0 amide bonds. The van der Waals surface area contributed by atoms with Crippen molar-refractivity contribution in [1.29, 1.82) is 0 Å². The molecular formula is C22H18N2O3S2. The van der Waals surface area contributed by atoms with Gasteiger partial charge >= 0.3 is 0 Å². The second-order valence-corrected chi connectivity index (χ2v) is 8.74. The Bertz CT molecular complexity index is 1220. The Kier molecular flexibility index (Phi) is 4.99. The molecule has 0 aliphatic carbocycles. The summed E-state index contributed by atoms with van der Waals surface area (Å²) in [5.74, 6) is 2.80. The summed E-state index contributed by atoms with van der Waals surface area (Å²) < 4.78 is 11.4. The second kappa shape index (κ2) is 7.93. The molecule has 1 aliphatic heterocycles. The maximum Gasteiger partial charge on any atom is 0.259 e. The minimum absolute atomic E-state index is 0.0947. The molecule has 3 heterocycles. The minimum Gasteiger partial charge on any atom is -0.490 e. The molecule has 0 unspecified atom stereocenters. The highest BCUT2D eigenvalue weighted by atomic mass is 32.2. The van der Waals surface area contributed by atoms with E-state index in [4.69, 9.17) is 9.47 Å². The number of benzene rings is 2. The number of nitrogens with zero attached hydrogens (tertiary/aromatic N) is 1. The van der Waals surface area contributed by atoms with Crippen LogP contribution in [-0.4, -0.2) is 23.2 Å². The topological polar surface area (TPSA) is 64.2 Å². The van der Waals surface area contributed by atoms with Crippen LogP contribution in [0.15, 0.2) is 64.3 Å².